The van der Waals surface area contributed by atoms with E-state index in [1.807, 2.05) is 54.6 Å². The first kappa shape index (κ1) is 24.2. The van der Waals surface area contributed by atoms with Crippen LogP contribution in [0.25, 0.3) is 0 Å². The summed E-state index contributed by atoms with van der Waals surface area (Å²) in [7, 11) is 0. The Morgan fingerprint density at radius 2 is 1.46 bits per heavy atom. The molecule has 4 nitrogen and oxygen atoms in total. The van der Waals surface area contributed by atoms with Crippen LogP contribution in [0, 0.1) is 5.82 Å². The molecule has 0 aromatic heterocycles. The summed E-state index contributed by atoms with van der Waals surface area (Å²) in [6.07, 6.45) is 0.156. The van der Waals surface area contributed by atoms with Crippen LogP contribution in [0.5, 0.6) is 0 Å². The molecule has 4 rings (SSSR count). The molecule has 0 aliphatic carbocycles. The van der Waals surface area contributed by atoms with Crippen molar-refractivity contribution < 1.29 is 14.0 Å². The molecule has 35 heavy (non-hydrogen) atoms. The Labute approximate surface area is 209 Å². The number of carbonyl (C=O) groups excluding carboxylic acids is 2. The molecule has 0 saturated carbocycles. The first-order valence-corrected chi connectivity index (χ1v) is 11.6. The van der Waals surface area contributed by atoms with Gasteiger partial charge >= 0.3 is 0 Å². The molecule has 4 aromatic carbocycles. The van der Waals surface area contributed by atoms with Gasteiger partial charge < -0.3 is 10.2 Å². The van der Waals surface area contributed by atoms with Crippen LogP contribution in [0.4, 0.5) is 10.1 Å². The second-order valence-electron chi connectivity index (χ2n) is 8.13. The van der Waals surface area contributed by atoms with Crippen molar-refractivity contribution in [2.75, 3.05) is 4.90 Å². The highest BCUT2D eigenvalue weighted by atomic mass is 35.5. The predicted octanol–water partition coefficient (Wildman–Crippen LogP) is 6.19. The SMILES string of the molecule is O=C(Cc1cccc(N(Cc2ccccc2)C(=O)c2ccc(Cl)cc2)c1)NCc1ccc(F)cc1. The van der Waals surface area contributed by atoms with Gasteiger partial charge in [-0.15, -0.1) is 0 Å². The fourth-order valence-electron chi connectivity index (χ4n) is 3.68. The van der Waals surface area contributed by atoms with Gasteiger partial charge in [0.2, 0.25) is 5.91 Å². The lowest BCUT2D eigenvalue weighted by atomic mass is 10.1. The lowest BCUT2D eigenvalue weighted by Gasteiger charge is -2.24. The van der Waals surface area contributed by atoms with Crippen LogP contribution in [-0.4, -0.2) is 11.8 Å². The standard InChI is InChI=1S/C29H24ClFN2O2/c30-25-13-11-24(12-14-25)29(35)33(20-22-5-2-1-3-6-22)27-8-4-7-23(17-27)18-28(34)32-19-21-9-15-26(31)16-10-21/h1-17H,18-20H2,(H,32,34). The van der Waals surface area contributed by atoms with Crippen LogP contribution in [0.1, 0.15) is 27.0 Å². The monoisotopic (exact) mass is 486 g/mol. The van der Waals surface area contributed by atoms with Crippen molar-refractivity contribution in [2.24, 2.45) is 0 Å². The molecule has 0 atom stereocenters. The van der Waals surface area contributed by atoms with Crippen LogP contribution in [0.2, 0.25) is 5.02 Å². The van der Waals surface area contributed by atoms with Crippen molar-refractivity contribution in [2.45, 2.75) is 19.5 Å². The van der Waals surface area contributed by atoms with Gasteiger partial charge in [-0.2, -0.15) is 0 Å². The normalized spacial score (nSPS) is 10.6. The number of hydrogen-bond donors (Lipinski definition) is 1. The zero-order valence-corrected chi connectivity index (χ0v) is 19.7. The number of rotatable bonds is 8. The smallest absolute Gasteiger partial charge is 0.258 e. The fourth-order valence-corrected chi connectivity index (χ4v) is 3.81. The van der Waals surface area contributed by atoms with E-state index in [1.54, 1.807) is 41.3 Å². The molecule has 2 amide bonds. The Morgan fingerprint density at radius 3 is 2.17 bits per heavy atom. The van der Waals surface area contributed by atoms with Gasteiger partial charge in [-0.3, -0.25) is 9.59 Å². The van der Waals surface area contributed by atoms with Crippen LogP contribution in [-0.2, 0) is 24.3 Å². The maximum atomic E-state index is 13.5. The molecule has 0 aliphatic rings. The van der Waals surface area contributed by atoms with Gasteiger partial charge in [0.05, 0.1) is 13.0 Å². The lowest BCUT2D eigenvalue weighted by molar-refractivity contribution is -0.120. The summed E-state index contributed by atoms with van der Waals surface area (Å²) in [5.74, 6) is -0.640. The number of nitrogens with one attached hydrogen (secondary N) is 1. The maximum absolute atomic E-state index is 13.5. The molecule has 0 aliphatic heterocycles. The summed E-state index contributed by atoms with van der Waals surface area (Å²) < 4.78 is 13.1. The lowest BCUT2D eigenvalue weighted by Crippen LogP contribution is -2.30. The zero-order valence-electron chi connectivity index (χ0n) is 19.0. The van der Waals surface area contributed by atoms with Crippen molar-refractivity contribution in [3.63, 3.8) is 0 Å². The van der Waals surface area contributed by atoms with E-state index < -0.39 is 0 Å². The second kappa shape index (κ2) is 11.4. The Kier molecular flexibility index (Phi) is 7.91. The van der Waals surface area contributed by atoms with E-state index in [1.165, 1.54) is 12.1 Å². The van der Waals surface area contributed by atoms with E-state index >= 15 is 0 Å². The second-order valence-corrected chi connectivity index (χ2v) is 8.57. The van der Waals surface area contributed by atoms with Crippen LogP contribution < -0.4 is 10.2 Å². The third-order valence-corrected chi connectivity index (χ3v) is 5.76. The molecule has 176 valence electrons. The fraction of sp³-hybridized carbons (Fsp3) is 0.103. The van der Waals surface area contributed by atoms with Gasteiger partial charge in [-0.05, 0) is 65.2 Å². The summed E-state index contributed by atoms with van der Waals surface area (Å²) in [5, 5.41) is 3.41. The summed E-state index contributed by atoms with van der Waals surface area (Å²) in [4.78, 5) is 27.7. The maximum Gasteiger partial charge on any atom is 0.258 e. The zero-order chi connectivity index (χ0) is 24.6. The Bertz CT molecular complexity index is 1290. The molecule has 6 heteroatoms. The van der Waals surface area contributed by atoms with Crippen LogP contribution >= 0.6 is 11.6 Å². The van der Waals surface area contributed by atoms with E-state index in [2.05, 4.69) is 5.32 Å². The van der Waals surface area contributed by atoms with Crippen molar-refractivity contribution in [3.05, 3.63) is 136 Å². The average molecular weight is 487 g/mol. The highest BCUT2D eigenvalue weighted by Crippen LogP contribution is 2.23. The Balaban J connectivity index is 1.52. The quantitative estimate of drug-likeness (QED) is 0.323. The number of anilines is 1. The largest absolute Gasteiger partial charge is 0.352 e. The van der Waals surface area contributed by atoms with Gasteiger partial charge in [0, 0.05) is 22.8 Å². The molecule has 4 aromatic rings. The Morgan fingerprint density at radius 1 is 0.771 bits per heavy atom. The van der Waals surface area contributed by atoms with Crippen LogP contribution in [0.15, 0.2) is 103 Å². The van der Waals surface area contributed by atoms with E-state index in [0.717, 1.165) is 16.7 Å². The van der Waals surface area contributed by atoms with E-state index in [-0.39, 0.29) is 24.1 Å². The summed E-state index contributed by atoms with van der Waals surface area (Å²) in [6, 6.07) is 29.9. The van der Waals surface area contributed by atoms with E-state index in [9.17, 15) is 14.0 Å². The number of amides is 2. The third-order valence-electron chi connectivity index (χ3n) is 5.51. The number of halogens is 2. The van der Waals surface area contributed by atoms with Gasteiger partial charge in [0.25, 0.3) is 5.91 Å². The topological polar surface area (TPSA) is 49.4 Å². The minimum atomic E-state index is -0.315. The first-order valence-electron chi connectivity index (χ1n) is 11.2. The molecule has 1 N–H and O–H groups in total. The average Bonchev–Trinajstić information content (AvgIpc) is 2.88. The van der Waals surface area contributed by atoms with Gasteiger partial charge in [0.15, 0.2) is 0 Å². The van der Waals surface area contributed by atoms with Gasteiger partial charge in [-0.1, -0.05) is 66.2 Å². The van der Waals surface area contributed by atoms with Crippen molar-refractivity contribution >= 4 is 29.1 Å². The van der Waals surface area contributed by atoms with Crippen molar-refractivity contribution in [3.8, 4) is 0 Å². The minimum absolute atomic E-state index is 0.156. The van der Waals surface area contributed by atoms with Gasteiger partial charge in [0.1, 0.15) is 5.82 Å². The van der Waals surface area contributed by atoms with E-state index in [0.29, 0.717) is 29.4 Å². The predicted molar refractivity (Wildman–Crippen MR) is 137 cm³/mol. The molecule has 0 unspecified atom stereocenters. The van der Waals surface area contributed by atoms with Gasteiger partial charge in [-0.25, -0.2) is 4.39 Å². The number of hydrogen-bond acceptors (Lipinski definition) is 2. The summed E-state index contributed by atoms with van der Waals surface area (Å²) in [6.45, 7) is 0.691. The summed E-state index contributed by atoms with van der Waals surface area (Å²) in [5.41, 5.74) is 3.79. The number of benzene rings is 4. The molecule has 0 heterocycles. The first-order chi connectivity index (χ1) is 17.0. The molecule has 0 spiro atoms. The molecule has 0 saturated heterocycles. The third kappa shape index (κ3) is 6.78. The minimum Gasteiger partial charge on any atom is -0.352 e. The highest BCUT2D eigenvalue weighted by molar-refractivity contribution is 6.30. The van der Waals surface area contributed by atoms with Crippen LogP contribution in [0.3, 0.4) is 0 Å². The van der Waals surface area contributed by atoms with Crippen molar-refractivity contribution in [1.82, 2.24) is 5.32 Å². The number of nitrogens with zero attached hydrogens (tertiary/aromatic N) is 1. The highest BCUT2D eigenvalue weighted by Gasteiger charge is 2.19. The molecular formula is C29H24ClFN2O2. The van der Waals surface area contributed by atoms with E-state index in [4.69, 9.17) is 11.6 Å². The molecule has 0 radical (unpaired) electrons. The summed E-state index contributed by atoms with van der Waals surface area (Å²) >= 11 is 6.00. The van der Waals surface area contributed by atoms with Crippen molar-refractivity contribution in [1.29, 1.82) is 0 Å². The Hall–Kier alpha value is -3.96. The number of carbonyl (C=O) groups is 2. The molecular weight excluding hydrogens is 463 g/mol. The molecule has 0 bridgehead atoms. The molecule has 0 fully saturated rings.